The number of aliphatic hydroxyl groups excluding tert-OH is 1. The summed E-state index contributed by atoms with van der Waals surface area (Å²) >= 11 is 0. The van der Waals surface area contributed by atoms with E-state index in [4.69, 9.17) is 0 Å². The van der Waals surface area contributed by atoms with Gasteiger partial charge in [0.05, 0.1) is 17.6 Å². The van der Waals surface area contributed by atoms with Crippen LogP contribution in [0.2, 0.25) is 0 Å². The molecule has 0 saturated heterocycles. The van der Waals surface area contributed by atoms with Gasteiger partial charge < -0.3 is 15.7 Å². The molecule has 29 heavy (non-hydrogen) atoms. The van der Waals surface area contributed by atoms with E-state index in [-0.39, 0.29) is 18.1 Å². The van der Waals surface area contributed by atoms with Gasteiger partial charge in [0.2, 0.25) is 5.82 Å². The minimum atomic E-state index is -0.691. The van der Waals surface area contributed by atoms with E-state index in [0.29, 0.717) is 23.1 Å². The van der Waals surface area contributed by atoms with Gasteiger partial charge in [-0.1, -0.05) is 12.1 Å². The lowest BCUT2D eigenvalue weighted by atomic mass is 10.1. The molecule has 0 unspecified atom stereocenters. The lowest BCUT2D eigenvalue weighted by molar-refractivity contribution is -0.384. The monoisotopic (exact) mass is 398 g/mol. The Balaban J connectivity index is 1.58. The van der Waals surface area contributed by atoms with Gasteiger partial charge in [0.1, 0.15) is 11.6 Å². The Kier molecular flexibility index (Phi) is 5.09. The first-order valence-electron chi connectivity index (χ1n) is 9.14. The predicted molar refractivity (Wildman–Crippen MR) is 105 cm³/mol. The SMILES string of the molecule is O=[N+]([O-])c1ccc(Nc2cc(C3CC3)[nH]n2)nc1N[C@@H](CO)c1ccc(F)cc1. The molecular formula is C19H19FN6O3. The molecule has 1 fully saturated rings. The smallest absolute Gasteiger partial charge is 0.311 e. The standard InChI is InChI=1S/C19H19FN6O3/c20-13-5-3-12(4-6-13)15(10-27)21-19-16(26(28)29)7-8-17(23-19)22-18-9-14(24-25-18)11-1-2-11/h3-9,11,15,27H,1-2,10H2,(H3,21,22,23,24,25)/t15-/m0/s1. The van der Waals surface area contributed by atoms with Crippen LogP contribution in [-0.4, -0.2) is 31.8 Å². The summed E-state index contributed by atoms with van der Waals surface area (Å²) in [6, 6.07) is 9.53. The van der Waals surface area contributed by atoms with Crippen LogP contribution in [0, 0.1) is 15.9 Å². The number of rotatable bonds is 8. The summed E-state index contributed by atoms with van der Waals surface area (Å²) in [5.41, 5.74) is 1.38. The summed E-state index contributed by atoms with van der Waals surface area (Å²) in [5.74, 6) is 1.02. The van der Waals surface area contributed by atoms with Gasteiger partial charge >= 0.3 is 5.69 Å². The van der Waals surface area contributed by atoms with E-state index in [0.717, 1.165) is 18.5 Å². The zero-order chi connectivity index (χ0) is 20.4. The number of hydrogen-bond donors (Lipinski definition) is 4. The van der Waals surface area contributed by atoms with E-state index >= 15 is 0 Å². The van der Waals surface area contributed by atoms with Crippen LogP contribution in [-0.2, 0) is 0 Å². The topological polar surface area (TPSA) is 129 Å². The molecular weight excluding hydrogens is 379 g/mol. The Morgan fingerprint density at radius 3 is 2.66 bits per heavy atom. The first kappa shape index (κ1) is 18.8. The highest BCUT2D eigenvalue weighted by Crippen LogP contribution is 2.39. The minimum Gasteiger partial charge on any atom is -0.394 e. The molecule has 0 amide bonds. The van der Waals surface area contributed by atoms with Crippen LogP contribution in [0.3, 0.4) is 0 Å². The van der Waals surface area contributed by atoms with Gasteiger partial charge in [-0.3, -0.25) is 15.2 Å². The number of aliphatic hydroxyl groups is 1. The van der Waals surface area contributed by atoms with Gasteiger partial charge in [-0.2, -0.15) is 5.10 Å². The van der Waals surface area contributed by atoms with Crippen molar-refractivity contribution in [2.24, 2.45) is 0 Å². The predicted octanol–water partition coefficient (Wildman–Crippen LogP) is 3.62. The molecule has 3 aromatic rings. The lowest BCUT2D eigenvalue weighted by Crippen LogP contribution is -2.17. The number of aromatic amines is 1. The highest BCUT2D eigenvalue weighted by atomic mass is 19.1. The van der Waals surface area contributed by atoms with E-state index < -0.39 is 16.8 Å². The van der Waals surface area contributed by atoms with Crippen molar-refractivity contribution in [3.63, 3.8) is 0 Å². The van der Waals surface area contributed by atoms with E-state index in [1.165, 1.54) is 36.4 Å². The number of aromatic nitrogens is 3. The van der Waals surface area contributed by atoms with Crippen molar-refractivity contribution in [3.8, 4) is 0 Å². The summed E-state index contributed by atoms with van der Waals surface area (Å²) in [6.45, 7) is -0.355. The normalized spacial score (nSPS) is 14.4. The first-order valence-corrected chi connectivity index (χ1v) is 9.14. The van der Waals surface area contributed by atoms with Crippen LogP contribution >= 0.6 is 0 Å². The van der Waals surface area contributed by atoms with Gasteiger partial charge in [0, 0.05) is 23.7 Å². The first-order chi connectivity index (χ1) is 14.0. The molecule has 10 heteroatoms. The van der Waals surface area contributed by atoms with Crippen molar-refractivity contribution >= 4 is 23.1 Å². The Morgan fingerprint density at radius 1 is 1.24 bits per heavy atom. The maximum atomic E-state index is 13.2. The average Bonchev–Trinajstić information content (AvgIpc) is 3.46. The lowest BCUT2D eigenvalue weighted by Gasteiger charge is -2.18. The molecule has 0 aliphatic heterocycles. The molecule has 1 saturated carbocycles. The number of nitrogens with zero attached hydrogens (tertiary/aromatic N) is 3. The molecule has 1 aliphatic carbocycles. The fourth-order valence-corrected chi connectivity index (χ4v) is 3.00. The molecule has 4 N–H and O–H groups in total. The van der Waals surface area contributed by atoms with Crippen molar-refractivity contribution in [2.75, 3.05) is 17.2 Å². The summed E-state index contributed by atoms with van der Waals surface area (Å²) in [7, 11) is 0. The molecule has 0 spiro atoms. The number of benzene rings is 1. The summed E-state index contributed by atoms with van der Waals surface area (Å²) in [6.07, 6.45) is 2.27. The van der Waals surface area contributed by atoms with Crippen LogP contribution in [0.25, 0.3) is 0 Å². The number of nitro groups is 1. The number of pyridine rings is 1. The average molecular weight is 398 g/mol. The number of anilines is 3. The van der Waals surface area contributed by atoms with E-state index in [1.807, 2.05) is 6.07 Å². The van der Waals surface area contributed by atoms with Crippen LogP contribution < -0.4 is 10.6 Å². The third-order valence-corrected chi connectivity index (χ3v) is 4.71. The third-order valence-electron chi connectivity index (χ3n) is 4.71. The fraction of sp³-hybridized carbons (Fsp3) is 0.263. The highest BCUT2D eigenvalue weighted by molar-refractivity contribution is 5.63. The van der Waals surface area contributed by atoms with Crippen LogP contribution in [0.15, 0.2) is 42.5 Å². The Hall–Kier alpha value is -3.53. The Bertz CT molecular complexity index is 1020. The van der Waals surface area contributed by atoms with Gasteiger partial charge in [-0.05, 0) is 36.6 Å². The fourth-order valence-electron chi connectivity index (χ4n) is 3.00. The van der Waals surface area contributed by atoms with Crippen molar-refractivity contribution in [1.29, 1.82) is 0 Å². The van der Waals surface area contributed by atoms with Crippen molar-refractivity contribution < 1.29 is 14.4 Å². The van der Waals surface area contributed by atoms with Crippen molar-refractivity contribution in [1.82, 2.24) is 15.2 Å². The maximum Gasteiger partial charge on any atom is 0.311 e. The summed E-state index contributed by atoms with van der Waals surface area (Å²) in [5, 5.41) is 34.2. The van der Waals surface area contributed by atoms with Crippen molar-refractivity contribution in [2.45, 2.75) is 24.8 Å². The second-order valence-electron chi connectivity index (χ2n) is 6.86. The number of halogens is 1. The molecule has 2 aromatic heterocycles. The second-order valence-corrected chi connectivity index (χ2v) is 6.86. The number of H-pyrrole nitrogens is 1. The highest BCUT2D eigenvalue weighted by Gasteiger charge is 2.26. The van der Waals surface area contributed by atoms with Crippen molar-refractivity contribution in [3.05, 3.63) is 69.7 Å². The molecule has 1 aromatic carbocycles. The van der Waals surface area contributed by atoms with Gasteiger partial charge in [-0.15, -0.1) is 0 Å². The third kappa shape index (κ3) is 4.32. The zero-order valence-corrected chi connectivity index (χ0v) is 15.3. The quantitative estimate of drug-likeness (QED) is 0.337. The molecule has 1 aliphatic rings. The minimum absolute atomic E-state index is 0.0127. The van der Waals surface area contributed by atoms with Gasteiger partial charge in [-0.25, -0.2) is 9.37 Å². The molecule has 4 rings (SSSR count). The van der Waals surface area contributed by atoms with Gasteiger partial charge in [0.25, 0.3) is 0 Å². The molecule has 2 heterocycles. The van der Waals surface area contributed by atoms with E-state index in [1.54, 1.807) is 0 Å². The molecule has 1 atom stereocenters. The molecule has 150 valence electrons. The van der Waals surface area contributed by atoms with E-state index in [2.05, 4.69) is 25.8 Å². The largest absolute Gasteiger partial charge is 0.394 e. The Labute approximate surface area is 165 Å². The summed E-state index contributed by atoms with van der Waals surface area (Å²) in [4.78, 5) is 15.1. The number of hydrogen-bond acceptors (Lipinski definition) is 7. The molecule has 9 nitrogen and oxygen atoms in total. The Morgan fingerprint density at radius 2 is 2.00 bits per heavy atom. The molecule has 0 bridgehead atoms. The van der Waals surface area contributed by atoms with Crippen LogP contribution in [0.1, 0.15) is 36.1 Å². The zero-order valence-electron chi connectivity index (χ0n) is 15.3. The van der Waals surface area contributed by atoms with Crippen LogP contribution in [0.5, 0.6) is 0 Å². The maximum absolute atomic E-state index is 13.2. The molecule has 0 radical (unpaired) electrons. The van der Waals surface area contributed by atoms with E-state index in [9.17, 15) is 19.6 Å². The van der Waals surface area contributed by atoms with Crippen LogP contribution in [0.4, 0.5) is 27.5 Å². The second kappa shape index (κ2) is 7.84. The van der Waals surface area contributed by atoms with Gasteiger partial charge in [0.15, 0.2) is 5.82 Å². The summed E-state index contributed by atoms with van der Waals surface area (Å²) < 4.78 is 13.2. The number of nitrogens with one attached hydrogen (secondary N) is 3.